The number of benzene rings is 1. The molecule has 1 saturated heterocycles. The van der Waals surface area contributed by atoms with E-state index < -0.39 is 0 Å². The van der Waals surface area contributed by atoms with Crippen LogP contribution < -0.4 is 5.32 Å². The van der Waals surface area contributed by atoms with Crippen molar-refractivity contribution < 1.29 is 4.74 Å². The molecule has 1 aromatic carbocycles. The van der Waals surface area contributed by atoms with E-state index in [1.54, 1.807) is 11.3 Å². The lowest BCUT2D eigenvalue weighted by Crippen LogP contribution is -2.39. The lowest BCUT2D eigenvalue weighted by atomic mass is 10.1. The van der Waals surface area contributed by atoms with Gasteiger partial charge < -0.3 is 15.0 Å². The second kappa shape index (κ2) is 9.36. The molecular weight excluding hydrogens is 398 g/mol. The number of hydrogen-bond acceptors (Lipinski definition) is 3. The molecule has 6 heteroatoms. The van der Waals surface area contributed by atoms with Crippen molar-refractivity contribution in [3.63, 3.8) is 0 Å². The smallest absolute Gasteiger partial charge is 0.193 e. The third-order valence-electron chi connectivity index (χ3n) is 4.31. The zero-order valence-corrected chi connectivity index (χ0v) is 16.9. The van der Waals surface area contributed by atoms with Crippen LogP contribution in [0.15, 0.2) is 51.2 Å². The Kier molecular flexibility index (Phi) is 6.90. The van der Waals surface area contributed by atoms with E-state index in [1.165, 1.54) is 10.4 Å². The number of guanidine groups is 1. The molecule has 0 amide bonds. The van der Waals surface area contributed by atoms with Crippen molar-refractivity contribution in [2.24, 2.45) is 10.9 Å². The van der Waals surface area contributed by atoms with E-state index >= 15 is 0 Å². The zero-order valence-electron chi connectivity index (χ0n) is 14.5. The van der Waals surface area contributed by atoms with Gasteiger partial charge in [0.2, 0.25) is 0 Å². The average molecular weight is 422 g/mol. The standard InChI is InChI=1S/C19H24BrN3OS/c1-21-19(22-11-17-7-8-18(20)25-17)23-10-9-16(12-23)14-24-13-15-5-3-2-4-6-15/h2-8,16H,9-14H2,1H3,(H,21,22). The van der Waals surface area contributed by atoms with Gasteiger partial charge in [0.05, 0.1) is 23.5 Å². The van der Waals surface area contributed by atoms with E-state index in [2.05, 4.69) is 67.5 Å². The fourth-order valence-electron chi connectivity index (χ4n) is 3.02. The largest absolute Gasteiger partial charge is 0.376 e. The number of ether oxygens (including phenoxy) is 1. The highest BCUT2D eigenvalue weighted by Crippen LogP contribution is 2.22. The van der Waals surface area contributed by atoms with E-state index in [4.69, 9.17) is 4.74 Å². The van der Waals surface area contributed by atoms with E-state index in [0.717, 1.165) is 42.4 Å². The lowest BCUT2D eigenvalue weighted by molar-refractivity contribution is 0.0906. The Morgan fingerprint density at radius 1 is 1.32 bits per heavy atom. The van der Waals surface area contributed by atoms with Gasteiger partial charge >= 0.3 is 0 Å². The van der Waals surface area contributed by atoms with Gasteiger partial charge in [-0.05, 0) is 40.0 Å². The molecule has 4 nitrogen and oxygen atoms in total. The minimum Gasteiger partial charge on any atom is -0.376 e. The summed E-state index contributed by atoms with van der Waals surface area (Å²) in [6, 6.07) is 14.6. The maximum atomic E-state index is 5.91. The van der Waals surface area contributed by atoms with Crippen molar-refractivity contribution in [1.82, 2.24) is 10.2 Å². The van der Waals surface area contributed by atoms with Crippen LogP contribution in [0.1, 0.15) is 16.9 Å². The van der Waals surface area contributed by atoms with Gasteiger partial charge in [0.1, 0.15) is 0 Å². The maximum Gasteiger partial charge on any atom is 0.193 e. The minimum atomic E-state index is 0.568. The number of rotatable bonds is 6. The molecule has 1 atom stereocenters. The molecule has 0 radical (unpaired) electrons. The first-order valence-corrected chi connectivity index (χ1v) is 10.2. The summed E-state index contributed by atoms with van der Waals surface area (Å²) in [6.45, 7) is 4.35. The second-order valence-electron chi connectivity index (χ2n) is 6.21. The van der Waals surface area contributed by atoms with Gasteiger partial charge in [0.15, 0.2) is 5.96 Å². The molecule has 2 aromatic rings. The molecule has 1 aliphatic rings. The summed E-state index contributed by atoms with van der Waals surface area (Å²) in [5, 5.41) is 3.47. The van der Waals surface area contributed by atoms with Crippen molar-refractivity contribution in [1.29, 1.82) is 0 Å². The highest BCUT2D eigenvalue weighted by molar-refractivity contribution is 9.11. The molecule has 0 bridgehead atoms. The molecule has 1 aromatic heterocycles. The van der Waals surface area contributed by atoms with Gasteiger partial charge in [-0.2, -0.15) is 0 Å². The Balaban J connectivity index is 1.41. The molecule has 3 rings (SSSR count). The summed E-state index contributed by atoms with van der Waals surface area (Å²) in [5.41, 5.74) is 1.23. The van der Waals surface area contributed by atoms with Crippen LogP contribution in [0, 0.1) is 5.92 Å². The Morgan fingerprint density at radius 2 is 2.16 bits per heavy atom. The first kappa shape index (κ1) is 18.4. The van der Waals surface area contributed by atoms with Crippen LogP contribution in [0.4, 0.5) is 0 Å². The maximum absolute atomic E-state index is 5.91. The van der Waals surface area contributed by atoms with Crippen LogP contribution in [-0.4, -0.2) is 37.6 Å². The Labute approximate surface area is 162 Å². The minimum absolute atomic E-state index is 0.568. The Hall–Kier alpha value is -1.37. The molecule has 0 spiro atoms. The quantitative estimate of drug-likeness (QED) is 0.562. The molecule has 1 N–H and O–H groups in total. The normalized spacial score (nSPS) is 17.9. The van der Waals surface area contributed by atoms with Gasteiger partial charge in [0.25, 0.3) is 0 Å². The lowest BCUT2D eigenvalue weighted by Gasteiger charge is -2.21. The third kappa shape index (κ3) is 5.56. The number of nitrogens with zero attached hydrogens (tertiary/aromatic N) is 2. The highest BCUT2D eigenvalue weighted by atomic mass is 79.9. The van der Waals surface area contributed by atoms with E-state index in [-0.39, 0.29) is 0 Å². The third-order valence-corrected chi connectivity index (χ3v) is 5.94. The van der Waals surface area contributed by atoms with E-state index in [0.29, 0.717) is 12.5 Å². The first-order valence-electron chi connectivity index (χ1n) is 8.56. The molecule has 0 saturated carbocycles. The van der Waals surface area contributed by atoms with Crippen LogP contribution in [0.3, 0.4) is 0 Å². The van der Waals surface area contributed by atoms with Crippen molar-refractivity contribution in [3.05, 3.63) is 56.7 Å². The molecule has 25 heavy (non-hydrogen) atoms. The molecule has 1 aliphatic heterocycles. The average Bonchev–Trinajstić information content (AvgIpc) is 3.26. The Bertz CT molecular complexity index is 689. The van der Waals surface area contributed by atoms with Crippen molar-refractivity contribution >= 4 is 33.2 Å². The molecule has 134 valence electrons. The predicted molar refractivity (Wildman–Crippen MR) is 108 cm³/mol. The second-order valence-corrected chi connectivity index (χ2v) is 8.76. The molecule has 0 aliphatic carbocycles. The summed E-state index contributed by atoms with van der Waals surface area (Å²) in [5.74, 6) is 1.55. The fraction of sp³-hybridized carbons (Fsp3) is 0.421. The van der Waals surface area contributed by atoms with E-state index in [9.17, 15) is 0 Å². The Morgan fingerprint density at radius 3 is 2.88 bits per heavy atom. The molecular formula is C19H24BrN3OS. The van der Waals surface area contributed by atoms with Crippen molar-refractivity contribution in [2.45, 2.75) is 19.6 Å². The van der Waals surface area contributed by atoms with Gasteiger partial charge in [-0.25, -0.2) is 0 Å². The fourth-order valence-corrected chi connectivity index (χ4v) is 4.45. The molecule has 2 heterocycles. The van der Waals surface area contributed by atoms with Gasteiger partial charge in [-0.3, -0.25) is 4.99 Å². The SMILES string of the molecule is CN=C(NCc1ccc(Br)s1)N1CCC(COCc2ccccc2)C1. The monoisotopic (exact) mass is 421 g/mol. The van der Waals surface area contributed by atoms with Crippen LogP contribution in [-0.2, 0) is 17.9 Å². The van der Waals surface area contributed by atoms with Crippen LogP contribution in [0.2, 0.25) is 0 Å². The van der Waals surface area contributed by atoms with Gasteiger partial charge in [-0.1, -0.05) is 30.3 Å². The van der Waals surface area contributed by atoms with Crippen molar-refractivity contribution in [2.75, 3.05) is 26.7 Å². The topological polar surface area (TPSA) is 36.9 Å². The first-order chi connectivity index (χ1) is 12.2. The summed E-state index contributed by atoms with van der Waals surface area (Å²) >= 11 is 5.26. The predicted octanol–water partition coefficient (Wildman–Crippen LogP) is 4.12. The van der Waals surface area contributed by atoms with Crippen LogP contribution in [0.25, 0.3) is 0 Å². The summed E-state index contributed by atoms with van der Waals surface area (Å²) in [7, 11) is 1.85. The number of thiophene rings is 1. The van der Waals surface area contributed by atoms with Crippen LogP contribution in [0.5, 0.6) is 0 Å². The van der Waals surface area contributed by atoms with Gasteiger partial charge in [0, 0.05) is 30.9 Å². The summed E-state index contributed by atoms with van der Waals surface area (Å²) < 4.78 is 7.07. The highest BCUT2D eigenvalue weighted by Gasteiger charge is 2.25. The number of hydrogen-bond donors (Lipinski definition) is 1. The van der Waals surface area contributed by atoms with Crippen LogP contribution >= 0.6 is 27.3 Å². The van der Waals surface area contributed by atoms with Gasteiger partial charge in [-0.15, -0.1) is 11.3 Å². The summed E-state index contributed by atoms with van der Waals surface area (Å²) in [6.07, 6.45) is 1.15. The number of nitrogens with one attached hydrogen (secondary N) is 1. The van der Waals surface area contributed by atoms with E-state index in [1.807, 2.05) is 13.1 Å². The number of aliphatic imine (C=N–C) groups is 1. The molecule has 1 fully saturated rings. The summed E-state index contributed by atoms with van der Waals surface area (Å²) in [4.78, 5) is 8.07. The molecule has 1 unspecified atom stereocenters. The zero-order chi connectivity index (χ0) is 17.5. The number of halogens is 1. The number of likely N-dealkylation sites (tertiary alicyclic amines) is 1. The van der Waals surface area contributed by atoms with Crippen molar-refractivity contribution in [3.8, 4) is 0 Å².